The fraction of sp³-hybridized carbons (Fsp3) is 0.846. The Morgan fingerprint density at radius 1 is 1.33 bits per heavy atom. The van der Waals surface area contributed by atoms with Gasteiger partial charge in [0.15, 0.2) is 0 Å². The SMILES string of the molecule is CC(CC(=O)NC(C)CC(N)=NO)CC(C)(C)C. The largest absolute Gasteiger partial charge is 0.409 e. The fourth-order valence-electron chi connectivity index (χ4n) is 2.17. The first kappa shape index (κ1) is 16.7. The first-order chi connectivity index (χ1) is 8.14. The molecule has 0 aromatic heterocycles. The summed E-state index contributed by atoms with van der Waals surface area (Å²) in [5.41, 5.74) is 5.62. The molecule has 0 aliphatic heterocycles. The van der Waals surface area contributed by atoms with Gasteiger partial charge in [-0.05, 0) is 24.7 Å². The molecule has 18 heavy (non-hydrogen) atoms. The van der Waals surface area contributed by atoms with E-state index in [1.54, 1.807) is 0 Å². The van der Waals surface area contributed by atoms with Crippen LogP contribution in [-0.4, -0.2) is 23.0 Å². The quantitative estimate of drug-likeness (QED) is 0.295. The highest BCUT2D eigenvalue weighted by atomic mass is 16.4. The van der Waals surface area contributed by atoms with Crippen molar-refractivity contribution in [3.05, 3.63) is 0 Å². The average molecular weight is 257 g/mol. The molecule has 106 valence electrons. The molecule has 0 fully saturated rings. The molecule has 2 unspecified atom stereocenters. The minimum absolute atomic E-state index is 0.0185. The highest BCUT2D eigenvalue weighted by molar-refractivity contribution is 5.81. The first-order valence-corrected chi connectivity index (χ1v) is 6.40. The van der Waals surface area contributed by atoms with E-state index < -0.39 is 0 Å². The fourth-order valence-corrected chi connectivity index (χ4v) is 2.17. The number of hydrogen-bond donors (Lipinski definition) is 3. The Kier molecular flexibility index (Phi) is 6.73. The smallest absolute Gasteiger partial charge is 0.220 e. The number of nitrogens with two attached hydrogens (primary N) is 1. The van der Waals surface area contributed by atoms with Gasteiger partial charge in [-0.1, -0.05) is 32.9 Å². The average Bonchev–Trinajstić information content (AvgIpc) is 2.12. The van der Waals surface area contributed by atoms with Crippen LogP contribution in [0, 0.1) is 11.3 Å². The zero-order chi connectivity index (χ0) is 14.3. The zero-order valence-corrected chi connectivity index (χ0v) is 12.2. The Labute approximate surface area is 110 Å². The van der Waals surface area contributed by atoms with E-state index in [2.05, 4.69) is 38.2 Å². The summed E-state index contributed by atoms with van der Waals surface area (Å²) in [6, 6.07) is -0.116. The molecule has 0 aromatic rings. The van der Waals surface area contributed by atoms with E-state index in [-0.39, 0.29) is 23.2 Å². The number of nitrogens with one attached hydrogen (secondary N) is 1. The molecule has 5 heteroatoms. The van der Waals surface area contributed by atoms with E-state index in [0.29, 0.717) is 18.8 Å². The molecule has 0 aromatic carbocycles. The van der Waals surface area contributed by atoms with Crippen LogP contribution in [0.4, 0.5) is 0 Å². The maximum Gasteiger partial charge on any atom is 0.220 e. The molecule has 0 aliphatic carbocycles. The Hall–Kier alpha value is -1.26. The molecule has 0 heterocycles. The Morgan fingerprint density at radius 3 is 2.33 bits per heavy atom. The second-order valence-electron chi connectivity index (χ2n) is 6.34. The number of rotatable bonds is 6. The van der Waals surface area contributed by atoms with Crippen molar-refractivity contribution < 1.29 is 10.0 Å². The first-order valence-electron chi connectivity index (χ1n) is 6.40. The second-order valence-corrected chi connectivity index (χ2v) is 6.34. The van der Waals surface area contributed by atoms with Crippen molar-refractivity contribution in [3.8, 4) is 0 Å². The summed E-state index contributed by atoms with van der Waals surface area (Å²) in [4.78, 5) is 11.8. The molecule has 0 aliphatic rings. The third-order valence-corrected chi connectivity index (χ3v) is 2.55. The van der Waals surface area contributed by atoms with Crippen molar-refractivity contribution in [2.75, 3.05) is 0 Å². The minimum Gasteiger partial charge on any atom is -0.409 e. The van der Waals surface area contributed by atoms with Crippen molar-refractivity contribution in [2.45, 2.75) is 59.9 Å². The lowest BCUT2D eigenvalue weighted by Gasteiger charge is -2.23. The van der Waals surface area contributed by atoms with Gasteiger partial charge in [-0.3, -0.25) is 4.79 Å². The molecule has 0 saturated carbocycles. The Balaban J connectivity index is 4.04. The van der Waals surface area contributed by atoms with Gasteiger partial charge >= 0.3 is 0 Å². The number of carbonyl (C=O) groups is 1. The monoisotopic (exact) mass is 257 g/mol. The van der Waals surface area contributed by atoms with E-state index in [0.717, 1.165) is 6.42 Å². The van der Waals surface area contributed by atoms with E-state index in [9.17, 15) is 4.79 Å². The highest BCUT2D eigenvalue weighted by Gasteiger charge is 2.18. The summed E-state index contributed by atoms with van der Waals surface area (Å²) < 4.78 is 0. The lowest BCUT2D eigenvalue weighted by Crippen LogP contribution is -2.36. The Morgan fingerprint density at radius 2 is 1.89 bits per heavy atom. The molecular weight excluding hydrogens is 230 g/mol. The van der Waals surface area contributed by atoms with Gasteiger partial charge in [0.1, 0.15) is 5.84 Å². The number of carbonyl (C=O) groups excluding carboxylic acids is 1. The standard InChI is InChI=1S/C13H27N3O2/c1-9(8-13(3,4)5)6-12(17)15-10(2)7-11(14)16-18/h9-10,18H,6-8H2,1-5H3,(H2,14,16)(H,15,17). The van der Waals surface area contributed by atoms with Crippen LogP contribution in [0.25, 0.3) is 0 Å². The maximum absolute atomic E-state index is 11.8. The minimum atomic E-state index is -0.116. The van der Waals surface area contributed by atoms with Gasteiger partial charge in [-0.25, -0.2) is 0 Å². The zero-order valence-electron chi connectivity index (χ0n) is 12.2. The number of hydrogen-bond acceptors (Lipinski definition) is 3. The van der Waals surface area contributed by atoms with Crippen molar-refractivity contribution in [1.82, 2.24) is 5.32 Å². The van der Waals surface area contributed by atoms with Gasteiger partial charge in [-0.15, -0.1) is 0 Å². The predicted molar refractivity (Wildman–Crippen MR) is 73.5 cm³/mol. The van der Waals surface area contributed by atoms with Crippen molar-refractivity contribution >= 4 is 11.7 Å². The van der Waals surface area contributed by atoms with Crippen molar-refractivity contribution in [3.63, 3.8) is 0 Å². The van der Waals surface area contributed by atoms with E-state index >= 15 is 0 Å². The van der Waals surface area contributed by atoms with E-state index in [1.807, 2.05) is 6.92 Å². The lowest BCUT2D eigenvalue weighted by atomic mass is 9.84. The molecule has 0 saturated heterocycles. The van der Waals surface area contributed by atoms with Crippen molar-refractivity contribution in [2.24, 2.45) is 22.2 Å². The molecule has 0 bridgehead atoms. The Bertz CT molecular complexity index is 295. The molecule has 0 rings (SSSR count). The summed E-state index contributed by atoms with van der Waals surface area (Å²) in [6.45, 7) is 10.4. The van der Waals surface area contributed by atoms with Gasteiger partial charge in [-0.2, -0.15) is 0 Å². The molecular formula is C13H27N3O2. The van der Waals surface area contributed by atoms with Crippen LogP contribution in [-0.2, 0) is 4.79 Å². The van der Waals surface area contributed by atoms with E-state index in [4.69, 9.17) is 10.9 Å². The van der Waals surface area contributed by atoms with Crippen molar-refractivity contribution in [1.29, 1.82) is 0 Å². The van der Waals surface area contributed by atoms with Gasteiger partial charge in [0, 0.05) is 18.9 Å². The number of amides is 1. The molecule has 5 nitrogen and oxygen atoms in total. The third kappa shape index (κ3) is 8.84. The van der Waals surface area contributed by atoms with E-state index in [1.165, 1.54) is 0 Å². The topological polar surface area (TPSA) is 87.7 Å². The third-order valence-electron chi connectivity index (χ3n) is 2.55. The lowest BCUT2D eigenvalue weighted by molar-refractivity contribution is -0.122. The number of oxime groups is 1. The van der Waals surface area contributed by atoms with Gasteiger partial charge in [0.25, 0.3) is 0 Å². The molecule has 0 spiro atoms. The summed E-state index contributed by atoms with van der Waals surface area (Å²) >= 11 is 0. The molecule has 1 amide bonds. The van der Waals surface area contributed by atoms with Crippen LogP contribution >= 0.6 is 0 Å². The predicted octanol–water partition coefficient (Wildman–Crippen LogP) is 2.09. The van der Waals surface area contributed by atoms with Gasteiger partial charge in [0.05, 0.1) is 0 Å². The second kappa shape index (κ2) is 7.24. The van der Waals surface area contributed by atoms with Crippen LogP contribution in [0.2, 0.25) is 0 Å². The van der Waals surface area contributed by atoms with Gasteiger partial charge in [0.2, 0.25) is 5.91 Å². The summed E-state index contributed by atoms with van der Waals surface area (Å²) in [7, 11) is 0. The number of amidine groups is 1. The van der Waals surface area contributed by atoms with Crippen LogP contribution in [0.15, 0.2) is 5.16 Å². The van der Waals surface area contributed by atoms with Crippen LogP contribution in [0.1, 0.15) is 53.9 Å². The summed E-state index contributed by atoms with van der Waals surface area (Å²) in [5, 5.41) is 14.2. The molecule has 2 atom stereocenters. The summed E-state index contributed by atoms with van der Waals surface area (Å²) in [6.07, 6.45) is 1.88. The normalized spacial score (nSPS) is 16.2. The highest BCUT2D eigenvalue weighted by Crippen LogP contribution is 2.25. The maximum atomic E-state index is 11.8. The summed E-state index contributed by atoms with van der Waals surface area (Å²) in [5.74, 6) is 0.497. The number of nitrogens with zero attached hydrogens (tertiary/aromatic N) is 1. The van der Waals surface area contributed by atoms with Gasteiger partial charge < -0.3 is 16.3 Å². The van der Waals surface area contributed by atoms with Crippen LogP contribution < -0.4 is 11.1 Å². The van der Waals surface area contributed by atoms with Crippen LogP contribution in [0.5, 0.6) is 0 Å². The molecule has 4 N–H and O–H groups in total. The molecule has 0 radical (unpaired) electrons. The van der Waals surface area contributed by atoms with Crippen LogP contribution in [0.3, 0.4) is 0 Å².